The Labute approximate surface area is 98.6 Å². The second-order valence-electron chi connectivity index (χ2n) is 3.72. The lowest BCUT2D eigenvalue weighted by Crippen LogP contribution is -1.97. The van der Waals surface area contributed by atoms with Gasteiger partial charge in [0, 0.05) is 28.7 Å². The molecule has 4 heteroatoms. The van der Waals surface area contributed by atoms with E-state index < -0.39 is 0 Å². The average molecular weight is 241 g/mol. The first-order valence-corrected chi connectivity index (χ1v) is 6.44. The number of hydrogen-bond acceptors (Lipinski definition) is 2. The molecular weight excluding hydrogens is 228 g/mol. The van der Waals surface area contributed by atoms with Gasteiger partial charge in [0.1, 0.15) is 5.15 Å². The molecule has 2 aromatic heterocycles. The molecule has 0 aliphatic carbocycles. The van der Waals surface area contributed by atoms with Crippen LogP contribution in [0.25, 0.3) is 10.9 Å². The lowest BCUT2D eigenvalue weighted by atomic mass is 10.3. The quantitative estimate of drug-likeness (QED) is 0.584. The SMILES string of the molecule is CSc1cn(C(C)C)c2cc(Cl)ncc12. The van der Waals surface area contributed by atoms with Gasteiger partial charge in [-0.3, -0.25) is 0 Å². The number of pyridine rings is 1. The van der Waals surface area contributed by atoms with E-state index >= 15 is 0 Å². The second-order valence-corrected chi connectivity index (χ2v) is 4.96. The molecule has 0 N–H and O–H groups in total. The van der Waals surface area contributed by atoms with E-state index in [1.165, 1.54) is 10.3 Å². The van der Waals surface area contributed by atoms with Crippen molar-refractivity contribution in [3.8, 4) is 0 Å². The topological polar surface area (TPSA) is 17.8 Å². The minimum absolute atomic E-state index is 0.437. The summed E-state index contributed by atoms with van der Waals surface area (Å²) in [5, 5.41) is 1.73. The molecule has 2 rings (SSSR count). The molecule has 0 saturated heterocycles. The van der Waals surface area contributed by atoms with Crippen LogP contribution in [-0.4, -0.2) is 15.8 Å². The Morgan fingerprint density at radius 2 is 2.20 bits per heavy atom. The van der Waals surface area contributed by atoms with Gasteiger partial charge in [0.15, 0.2) is 0 Å². The van der Waals surface area contributed by atoms with Crippen LogP contribution in [0.5, 0.6) is 0 Å². The summed E-state index contributed by atoms with van der Waals surface area (Å²) in [6, 6.07) is 2.36. The number of hydrogen-bond donors (Lipinski definition) is 0. The zero-order chi connectivity index (χ0) is 11.0. The van der Waals surface area contributed by atoms with Crippen molar-refractivity contribution in [1.29, 1.82) is 0 Å². The second kappa shape index (κ2) is 4.06. The van der Waals surface area contributed by atoms with Crippen molar-refractivity contribution >= 4 is 34.3 Å². The molecule has 15 heavy (non-hydrogen) atoms. The molecule has 0 fully saturated rings. The van der Waals surface area contributed by atoms with E-state index in [2.05, 4.69) is 35.9 Å². The van der Waals surface area contributed by atoms with Crippen LogP contribution in [0.4, 0.5) is 0 Å². The molecule has 0 atom stereocenters. The third kappa shape index (κ3) is 1.86. The van der Waals surface area contributed by atoms with Gasteiger partial charge in [0.2, 0.25) is 0 Å². The predicted octanol–water partition coefficient (Wildman–Crippen LogP) is 3.99. The Balaban J connectivity index is 2.76. The van der Waals surface area contributed by atoms with E-state index in [0.717, 1.165) is 5.52 Å². The summed E-state index contributed by atoms with van der Waals surface area (Å²) in [4.78, 5) is 5.38. The third-order valence-corrected chi connectivity index (χ3v) is 3.40. The first-order chi connectivity index (χ1) is 7.13. The van der Waals surface area contributed by atoms with Crippen LogP contribution in [0.15, 0.2) is 23.4 Å². The maximum Gasteiger partial charge on any atom is 0.131 e. The minimum Gasteiger partial charge on any atom is -0.344 e. The van der Waals surface area contributed by atoms with E-state index in [0.29, 0.717) is 11.2 Å². The Bertz CT molecular complexity index is 491. The number of fused-ring (bicyclic) bond motifs is 1. The number of rotatable bonds is 2. The summed E-state index contributed by atoms with van der Waals surface area (Å²) in [6.45, 7) is 4.33. The molecule has 0 amide bonds. The molecule has 0 aliphatic heterocycles. The average Bonchev–Trinajstić information content (AvgIpc) is 2.55. The van der Waals surface area contributed by atoms with Crippen LogP contribution in [0.3, 0.4) is 0 Å². The number of aromatic nitrogens is 2. The number of thioether (sulfide) groups is 1. The smallest absolute Gasteiger partial charge is 0.131 e. The third-order valence-electron chi connectivity index (χ3n) is 2.42. The maximum atomic E-state index is 5.92. The van der Waals surface area contributed by atoms with Gasteiger partial charge in [-0.05, 0) is 26.2 Å². The Kier molecular flexibility index (Phi) is 2.94. The van der Waals surface area contributed by atoms with Crippen molar-refractivity contribution in [1.82, 2.24) is 9.55 Å². The molecule has 0 spiro atoms. The molecule has 2 aromatic rings. The van der Waals surface area contributed by atoms with Crippen molar-refractivity contribution in [3.63, 3.8) is 0 Å². The van der Waals surface area contributed by atoms with Gasteiger partial charge in [-0.15, -0.1) is 11.8 Å². The van der Waals surface area contributed by atoms with Crippen LogP contribution >= 0.6 is 23.4 Å². The standard InChI is InChI=1S/C11H13ClN2S/c1-7(2)14-6-10(15-3)8-5-13-11(12)4-9(8)14/h4-7H,1-3H3. The highest BCUT2D eigenvalue weighted by molar-refractivity contribution is 7.98. The summed E-state index contributed by atoms with van der Waals surface area (Å²) < 4.78 is 2.23. The van der Waals surface area contributed by atoms with E-state index in [9.17, 15) is 0 Å². The van der Waals surface area contributed by atoms with Gasteiger partial charge >= 0.3 is 0 Å². The van der Waals surface area contributed by atoms with E-state index in [4.69, 9.17) is 11.6 Å². The van der Waals surface area contributed by atoms with E-state index in [1.54, 1.807) is 11.8 Å². The summed E-state index contributed by atoms with van der Waals surface area (Å²) in [6.07, 6.45) is 6.09. The van der Waals surface area contributed by atoms with Gasteiger partial charge < -0.3 is 4.57 Å². The lowest BCUT2D eigenvalue weighted by Gasteiger charge is -2.08. The van der Waals surface area contributed by atoms with Crippen molar-refractivity contribution in [2.45, 2.75) is 24.8 Å². The van der Waals surface area contributed by atoms with Crippen LogP contribution < -0.4 is 0 Å². The molecule has 0 saturated carbocycles. The monoisotopic (exact) mass is 240 g/mol. The fourth-order valence-electron chi connectivity index (χ4n) is 1.68. The van der Waals surface area contributed by atoms with Crippen LogP contribution in [0.2, 0.25) is 5.15 Å². The number of nitrogens with zero attached hydrogens (tertiary/aromatic N) is 2. The van der Waals surface area contributed by atoms with E-state index in [-0.39, 0.29) is 0 Å². The molecule has 2 nitrogen and oxygen atoms in total. The fourth-order valence-corrected chi connectivity index (χ4v) is 2.43. The highest BCUT2D eigenvalue weighted by Crippen LogP contribution is 2.31. The summed E-state index contributed by atoms with van der Waals surface area (Å²) in [7, 11) is 0. The first kappa shape index (κ1) is 10.8. The Morgan fingerprint density at radius 3 is 2.80 bits per heavy atom. The van der Waals surface area contributed by atoms with Crippen LogP contribution in [0.1, 0.15) is 19.9 Å². The first-order valence-electron chi connectivity index (χ1n) is 4.83. The molecule has 2 heterocycles. The minimum atomic E-state index is 0.437. The molecule has 0 aromatic carbocycles. The van der Waals surface area contributed by atoms with Crippen molar-refractivity contribution in [2.75, 3.05) is 6.26 Å². The van der Waals surface area contributed by atoms with Gasteiger partial charge in [-0.25, -0.2) is 4.98 Å². The van der Waals surface area contributed by atoms with Gasteiger partial charge in [-0.2, -0.15) is 0 Å². The van der Waals surface area contributed by atoms with Crippen LogP contribution in [0, 0.1) is 0 Å². The number of halogens is 1. The lowest BCUT2D eigenvalue weighted by molar-refractivity contribution is 0.620. The van der Waals surface area contributed by atoms with Crippen molar-refractivity contribution < 1.29 is 0 Å². The van der Waals surface area contributed by atoms with E-state index in [1.807, 2.05) is 12.3 Å². The maximum absolute atomic E-state index is 5.92. The highest BCUT2D eigenvalue weighted by Gasteiger charge is 2.10. The summed E-state index contributed by atoms with van der Waals surface area (Å²) in [5.41, 5.74) is 1.16. The summed E-state index contributed by atoms with van der Waals surface area (Å²) >= 11 is 7.66. The molecule has 0 unspecified atom stereocenters. The molecule has 0 bridgehead atoms. The zero-order valence-corrected chi connectivity index (χ0v) is 10.6. The largest absolute Gasteiger partial charge is 0.344 e. The molecular formula is C11H13ClN2S. The van der Waals surface area contributed by atoms with Crippen LogP contribution in [-0.2, 0) is 0 Å². The summed E-state index contributed by atoms with van der Waals surface area (Å²) in [5.74, 6) is 0. The van der Waals surface area contributed by atoms with Gasteiger partial charge in [0.05, 0.1) is 5.52 Å². The highest BCUT2D eigenvalue weighted by atomic mass is 35.5. The molecule has 0 aliphatic rings. The Morgan fingerprint density at radius 1 is 1.47 bits per heavy atom. The normalized spacial score (nSPS) is 11.5. The van der Waals surface area contributed by atoms with Gasteiger partial charge in [-0.1, -0.05) is 11.6 Å². The Hall–Kier alpha value is -0.670. The molecule has 0 radical (unpaired) electrons. The van der Waals surface area contributed by atoms with Crippen molar-refractivity contribution in [3.05, 3.63) is 23.6 Å². The van der Waals surface area contributed by atoms with Gasteiger partial charge in [0.25, 0.3) is 0 Å². The molecule has 80 valence electrons. The van der Waals surface area contributed by atoms with Crippen molar-refractivity contribution in [2.24, 2.45) is 0 Å². The fraction of sp³-hybridized carbons (Fsp3) is 0.364. The zero-order valence-electron chi connectivity index (χ0n) is 8.99. The predicted molar refractivity (Wildman–Crippen MR) is 66.9 cm³/mol.